The van der Waals surface area contributed by atoms with Crippen LogP contribution in [0, 0.1) is 5.92 Å². The van der Waals surface area contributed by atoms with Gasteiger partial charge in [0.1, 0.15) is 0 Å². The molecule has 170 valence electrons. The summed E-state index contributed by atoms with van der Waals surface area (Å²) in [5.74, 6) is 0.274. The van der Waals surface area contributed by atoms with Gasteiger partial charge in [0.15, 0.2) is 0 Å². The lowest BCUT2D eigenvalue weighted by Gasteiger charge is -2.24. The highest BCUT2D eigenvalue weighted by Gasteiger charge is 2.41. The van der Waals surface area contributed by atoms with Crippen LogP contribution >= 0.6 is 11.6 Å². The van der Waals surface area contributed by atoms with Gasteiger partial charge in [-0.3, -0.25) is 4.79 Å². The molecule has 4 nitrogen and oxygen atoms in total. The lowest BCUT2D eigenvalue weighted by atomic mass is 9.84. The van der Waals surface area contributed by atoms with Crippen molar-refractivity contribution < 1.29 is 19.7 Å². The molecular weight excluding hydrogens is 400 g/mol. The maximum atomic E-state index is 11.2. The molecule has 5 heteroatoms. The second kappa shape index (κ2) is 14.1. The Hall–Kier alpha value is -1.10. The van der Waals surface area contributed by atoms with Crippen LogP contribution in [0.2, 0.25) is 0 Å². The summed E-state index contributed by atoms with van der Waals surface area (Å²) in [6.45, 7) is 0.286. The Labute approximate surface area is 187 Å². The van der Waals surface area contributed by atoms with Crippen LogP contribution in [0.4, 0.5) is 0 Å². The highest BCUT2D eigenvalue weighted by atomic mass is 35.5. The van der Waals surface area contributed by atoms with Crippen molar-refractivity contribution >= 4 is 17.6 Å². The van der Waals surface area contributed by atoms with Crippen LogP contribution in [-0.2, 0) is 16.0 Å². The Morgan fingerprint density at radius 1 is 1.03 bits per heavy atom. The normalized spacial score (nSPS) is 23.6. The van der Waals surface area contributed by atoms with Gasteiger partial charge in [-0.05, 0) is 55.6 Å². The molecule has 30 heavy (non-hydrogen) atoms. The van der Waals surface area contributed by atoms with Crippen molar-refractivity contribution in [3.63, 3.8) is 0 Å². The number of hydrogen-bond acceptors (Lipinski definition) is 4. The number of ether oxygens (including phenoxy) is 1. The molecule has 0 saturated heterocycles. The Morgan fingerprint density at radius 3 is 2.40 bits per heavy atom. The van der Waals surface area contributed by atoms with Gasteiger partial charge in [0.05, 0.1) is 13.2 Å². The predicted molar refractivity (Wildman–Crippen MR) is 122 cm³/mol. The van der Waals surface area contributed by atoms with E-state index in [1.165, 1.54) is 18.2 Å². The minimum absolute atomic E-state index is 0.0197. The molecule has 0 bridgehead atoms. The van der Waals surface area contributed by atoms with E-state index in [-0.39, 0.29) is 30.0 Å². The van der Waals surface area contributed by atoms with Gasteiger partial charge in [0, 0.05) is 24.3 Å². The van der Waals surface area contributed by atoms with Crippen LogP contribution < -0.4 is 0 Å². The third kappa shape index (κ3) is 8.20. The van der Waals surface area contributed by atoms with Crippen LogP contribution in [0.25, 0.3) is 0 Å². The summed E-state index contributed by atoms with van der Waals surface area (Å²) in [6.07, 6.45) is 11.2. The zero-order chi connectivity index (χ0) is 21.8. The highest BCUT2D eigenvalue weighted by Crippen LogP contribution is 2.45. The SMILES string of the molecule is COC(=O)CCCCCC[C@@H]1[C@@H](c2ccc(CCCCCCO)cc2)[C@H](O)C[C@H]1Cl. The predicted octanol–water partition coefficient (Wildman–Crippen LogP) is 5.37. The van der Waals surface area contributed by atoms with E-state index >= 15 is 0 Å². The van der Waals surface area contributed by atoms with Gasteiger partial charge in [-0.1, -0.05) is 56.4 Å². The molecule has 0 aliphatic heterocycles. The Balaban J connectivity index is 1.81. The van der Waals surface area contributed by atoms with Gasteiger partial charge < -0.3 is 14.9 Å². The van der Waals surface area contributed by atoms with Gasteiger partial charge in [-0.2, -0.15) is 0 Å². The molecule has 0 unspecified atom stereocenters. The van der Waals surface area contributed by atoms with Crippen molar-refractivity contribution in [1.29, 1.82) is 0 Å². The lowest BCUT2D eigenvalue weighted by molar-refractivity contribution is -0.140. The van der Waals surface area contributed by atoms with E-state index in [2.05, 4.69) is 29.0 Å². The molecule has 0 spiro atoms. The van der Waals surface area contributed by atoms with E-state index in [4.69, 9.17) is 16.7 Å². The summed E-state index contributed by atoms with van der Waals surface area (Å²) in [5.41, 5.74) is 2.53. The van der Waals surface area contributed by atoms with Crippen LogP contribution in [0.1, 0.15) is 87.7 Å². The second-order valence-electron chi connectivity index (χ2n) is 8.67. The number of halogens is 1. The molecule has 0 aromatic heterocycles. The van der Waals surface area contributed by atoms with Crippen molar-refractivity contribution in [1.82, 2.24) is 0 Å². The second-order valence-corrected chi connectivity index (χ2v) is 9.23. The van der Waals surface area contributed by atoms with Crippen molar-refractivity contribution in [2.24, 2.45) is 5.92 Å². The summed E-state index contributed by atoms with van der Waals surface area (Å²) in [6, 6.07) is 8.74. The Kier molecular flexibility index (Phi) is 11.8. The number of aryl methyl sites for hydroxylation is 1. The number of carbonyl (C=O) groups is 1. The standard InChI is InChI=1S/C25H39ClO4/c1-30-24(29)12-8-3-2-7-11-21-22(26)18-23(28)25(21)20-15-13-19(14-16-20)10-6-4-5-9-17-27/h13-16,21-23,25,27-28H,2-12,17-18H2,1H3/t21-,22+,23+,25+/m0/s1. The molecule has 1 aliphatic carbocycles. The van der Waals surface area contributed by atoms with Crippen molar-refractivity contribution in [3.05, 3.63) is 35.4 Å². The average molecular weight is 439 g/mol. The average Bonchev–Trinajstić information content (AvgIpc) is 3.03. The molecule has 2 N–H and O–H groups in total. The van der Waals surface area contributed by atoms with E-state index in [0.29, 0.717) is 18.8 Å². The van der Waals surface area contributed by atoms with Crippen LogP contribution in [0.15, 0.2) is 24.3 Å². The molecule has 1 fully saturated rings. The first-order valence-electron chi connectivity index (χ1n) is 11.7. The smallest absolute Gasteiger partial charge is 0.305 e. The monoisotopic (exact) mass is 438 g/mol. The van der Waals surface area contributed by atoms with E-state index < -0.39 is 0 Å². The lowest BCUT2D eigenvalue weighted by Crippen LogP contribution is -2.19. The molecule has 0 radical (unpaired) electrons. The molecular formula is C25H39ClO4. The number of unbranched alkanes of at least 4 members (excludes halogenated alkanes) is 6. The first kappa shape index (κ1) is 25.2. The minimum Gasteiger partial charge on any atom is -0.469 e. The molecule has 2 rings (SSSR count). The van der Waals surface area contributed by atoms with Crippen molar-refractivity contribution in [2.45, 2.75) is 94.4 Å². The molecule has 1 aliphatic rings. The van der Waals surface area contributed by atoms with E-state index in [1.54, 1.807) is 0 Å². The van der Waals surface area contributed by atoms with E-state index in [0.717, 1.165) is 64.2 Å². The summed E-state index contributed by atoms with van der Waals surface area (Å²) in [4.78, 5) is 11.2. The number of aliphatic hydroxyl groups is 2. The maximum Gasteiger partial charge on any atom is 0.305 e. The number of benzene rings is 1. The first-order chi connectivity index (χ1) is 14.6. The van der Waals surface area contributed by atoms with Crippen LogP contribution in [0.3, 0.4) is 0 Å². The Bertz CT molecular complexity index is 604. The number of rotatable bonds is 14. The third-order valence-corrected chi connectivity index (χ3v) is 6.94. The zero-order valence-electron chi connectivity index (χ0n) is 18.4. The van der Waals surface area contributed by atoms with Gasteiger partial charge in [-0.15, -0.1) is 11.6 Å². The fourth-order valence-corrected chi connectivity index (χ4v) is 5.16. The zero-order valence-corrected chi connectivity index (χ0v) is 19.2. The van der Waals surface area contributed by atoms with E-state index in [9.17, 15) is 9.90 Å². The van der Waals surface area contributed by atoms with Gasteiger partial charge in [0.25, 0.3) is 0 Å². The van der Waals surface area contributed by atoms with Crippen LogP contribution in [-0.4, -0.2) is 41.4 Å². The van der Waals surface area contributed by atoms with Crippen molar-refractivity contribution in [3.8, 4) is 0 Å². The van der Waals surface area contributed by atoms with E-state index in [1.807, 2.05) is 0 Å². The molecule has 1 saturated carbocycles. The van der Waals surface area contributed by atoms with Gasteiger partial charge in [0.2, 0.25) is 0 Å². The third-order valence-electron chi connectivity index (χ3n) is 6.44. The Morgan fingerprint density at radius 2 is 1.70 bits per heavy atom. The number of carbonyl (C=O) groups excluding carboxylic acids is 1. The quantitative estimate of drug-likeness (QED) is 0.233. The van der Waals surface area contributed by atoms with Crippen molar-refractivity contribution in [2.75, 3.05) is 13.7 Å². The van der Waals surface area contributed by atoms with Gasteiger partial charge >= 0.3 is 5.97 Å². The fraction of sp³-hybridized carbons (Fsp3) is 0.720. The minimum atomic E-state index is -0.374. The summed E-state index contributed by atoms with van der Waals surface area (Å²) in [5, 5.41) is 19.5. The fourth-order valence-electron chi connectivity index (χ4n) is 4.70. The first-order valence-corrected chi connectivity index (χ1v) is 12.1. The number of aliphatic hydroxyl groups excluding tert-OH is 2. The maximum absolute atomic E-state index is 11.2. The number of hydrogen-bond donors (Lipinski definition) is 2. The topological polar surface area (TPSA) is 66.8 Å². The molecule has 1 aromatic rings. The van der Waals surface area contributed by atoms with Gasteiger partial charge in [-0.25, -0.2) is 0 Å². The number of alkyl halides is 1. The molecule has 1 aromatic carbocycles. The highest BCUT2D eigenvalue weighted by molar-refractivity contribution is 6.21. The summed E-state index contributed by atoms with van der Waals surface area (Å²) < 4.78 is 4.68. The van der Waals surface area contributed by atoms with Crippen LogP contribution in [0.5, 0.6) is 0 Å². The number of methoxy groups -OCH3 is 1. The molecule has 0 amide bonds. The largest absolute Gasteiger partial charge is 0.469 e. The molecule has 4 atom stereocenters. The summed E-state index contributed by atoms with van der Waals surface area (Å²) >= 11 is 6.62. The summed E-state index contributed by atoms with van der Waals surface area (Å²) in [7, 11) is 1.43. The molecule has 0 heterocycles. The number of esters is 1.